The van der Waals surface area contributed by atoms with Crippen molar-refractivity contribution in [3.05, 3.63) is 63.6 Å². The largest absolute Gasteiger partial charge is 0.465 e. The zero-order valence-electron chi connectivity index (χ0n) is 13.2. The number of furan rings is 1. The molecule has 0 aliphatic carbocycles. The van der Waals surface area contributed by atoms with Crippen molar-refractivity contribution in [1.82, 2.24) is 0 Å². The van der Waals surface area contributed by atoms with Gasteiger partial charge in [-0.2, -0.15) is 0 Å². The second-order valence-electron chi connectivity index (χ2n) is 5.17. The van der Waals surface area contributed by atoms with Crippen LogP contribution in [0.15, 0.2) is 56.9 Å². The van der Waals surface area contributed by atoms with Crippen molar-refractivity contribution in [3.63, 3.8) is 0 Å². The maximum absolute atomic E-state index is 12.3. The third kappa shape index (κ3) is 4.00. The Bertz CT molecular complexity index is 884. The number of ether oxygens (including phenoxy) is 1. The number of benzene rings is 1. The fourth-order valence-corrected chi connectivity index (χ4v) is 3.54. The minimum atomic E-state index is -0.522. The van der Waals surface area contributed by atoms with E-state index in [0.717, 1.165) is 10.0 Å². The average Bonchev–Trinajstić information content (AvgIpc) is 3.25. The lowest BCUT2D eigenvalue weighted by atomic mass is 10.1. The van der Waals surface area contributed by atoms with Crippen molar-refractivity contribution in [2.45, 2.75) is 6.42 Å². The van der Waals surface area contributed by atoms with E-state index in [-0.39, 0.29) is 12.3 Å². The summed E-state index contributed by atoms with van der Waals surface area (Å²) in [7, 11) is 1.30. The Morgan fingerprint density at radius 2 is 2.00 bits per heavy atom. The summed E-state index contributed by atoms with van der Waals surface area (Å²) < 4.78 is 11.2. The van der Waals surface area contributed by atoms with E-state index in [9.17, 15) is 9.59 Å². The number of anilines is 1. The lowest BCUT2D eigenvalue weighted by Gasteiger charge is -2.07. The molecule has 1 aromatic carbocycles. The SMILES string of the molecule is COC(=O)c1c(-c2ccco2)csc1NC(=O)Cc1ccc(Br)cc1. The Morgan fingerprint density at radius 3 is 2.64 bits per heavy atom. The standard InChI is InChI=1S/C18H14BrNO4S/c1-23-18(22)16-13(14-3-2-8-24-14)10-25-17(16)20-15(21)9-11-4-6-12(19)7-5-11/h2-8,10H,9H2,1H3,(H,20,21). The number of amides is 1. The first kappa shape index (κ1) is 17.4. The molecule has 25 heavy (non-hydrogen) atoms. The number of thiophene rings is 1. The topological polar surface area (TPSA) is 68.5 Å². The van der Waals surface area contributed by atoms with Crippen LogP contribution in [-0.2, 0) is 16.0 Å². The molecule has 2 aromatic heterocycles. The van der Waals surface area contributed by atoms with Gasteiger partial charge in [-0.1, -0.05) is 28.1 Å². The molecule has 3 rings (SSSR count). The lowest BCUT2D eigenvalue weighted by Crippen LogP contribution is -2.16. The Kier molecular flexibility index (Phi) is 5.35. The van der Waals surface area contributed by atoms with Gasteiger partial charge in [0.05, 0.1) is 19.8 Å². The van der Waals surface area contributed by atoms with Gasteiger partial charge in [0.1, 0.15) is 16.3 Å². The van der Waals surface area contributed by atoms with Gasteiger partial charge in [-0.15, -0.1) is 11.3 Å². The van der Waals surface area contributed by atoms with Gasteiger partial charge in [0, 0.05) is 15.4 Å². The third-order valence-electron chi connectivity index (χ3n) is 3.50. The first-order valence-electron chi connectivity index (χ1n) is 7.36. The normalized spacial score (nSPS) is 10.5. The smallest absolute Gasteiger partial charge is 0.341 e. The summed E-state index contributed by atoms with van der Waals surface area (Å²) >= 11 is 4.62. The highest BCUT2D eigenvalue weighted by atomic mass is 79.9. The number of halogens is 1. The summed E-state index contributed by atoms with van der Waals surface area (Å²) in [5.74, 6) is -0.183. The molecule has 1 N–H and O–H groups in total. The average molecular weight is 420 g/mol. The molecular weight excluding hydrogens is 406 g/mol. The van der Waals surface area contributed by atoms with E-state index in [1.54, 1.807) is 17.5 Å². The highest BCUT2D eigenvalue weighted by Gasteiger charge is 2.23. The molecule has 128 valence electrons. The monoisotopic (exact) mass is 419 g/mol. The first-order valence-corrected chi connectivity index (χ1v) is 9.03. The third-order valence-corrected chi connectivity index (χ3v) is 4.92. The molecule has 0 radical (unpaired) electrons. The van der Waals surface area contributed by atoms with Crippen LogP contribution in [0.1, 0.15) is 15.9 Å². The van der Waals surface area contributed by atoms with E-state index in [0.29, 0.717) is 21.9 Å². The molecule has 0 unspecified atom stereocenters. The maximum atomic E-state index is 12.3. The highest BCUT2D eigenvalue weighted by Crippen LogP contribution is 2.36. The number of carbonyl (C=O) groups is 2. The van der Waals surface area contributed by atoms with Crippen LogP contribution < -0.4 is 5.32 Å². The number of methoxy groups -OCH3 is 1. The minimum absolute atomic E-state index is 0.208. The van der Waals surface area contributed by atoms with E-state index >= 15 is 0 Å². The molecule has 5 nitrogen and oxygen atoms in total. The molecule has 0 bridgehead atoms. The minimum Gasteiger partial charge on any atom is -0.465 e. The fraction of sp³-hybridized carbons (Fsp3) is 0.111. The zero-order valence-corrected chi connectivity index (χ0v) is 15.6. The van der Waals surface area contributed by atoms with E-state index < -0.39 is 5.97 Å². The van der Waals surface area contributed by atoms with Crippen molar-refractivity contribution in [1.29, 1.82) is 0 Å². The molecule has 2 heterocycles. The second kappa shape index (κ2) is 7.67. The molecule has 0 aliphatic rings. The van der Waals surface area contributed by atoms with E-state index in [1.807, 2.05) is 24.3 Å². The van der Waals surface area contributed by atoms with Crippen molar-refractivity contribution in [3.8, 4) is 11.3 Å². The lowest BCUT2D eigenvalue weighted by molar-refractivity contribution is -0.115. The summed E-state index contributed by atoms with van der Waals surface area (Å²) in [5, 5.41) is 5.01. The summed E-state index contributed by atoms with van der Waals surface area (Å²) in [6.45, 7) is 0. The molecule has 1 amide bonds. The van der Waals surface area contributed by atoms with Crippen LogP contribution in [0.2, 0.25) is 0 Å². The molecule has 0 saturated carbocycles. The van der Waals surface area contributed by atoms with Crippen molar-refractivity contribution >= 4 is 44.1 Å². The van der Waals surface area contributed by atoms with E-state index in [1.165, 1.54) is 24.7 Å². The molecular formula is C18H14BrNO4S. The van der Waals surface area contributed by atoms with Gasteiger partial charge in [0.15, 0.2) is 0 Å². The summed E-state index contributed by atoms with van der Waals surface area (Å²) in [5.41, 5.74) is 1.77. The number of esters is 1. The summed E-state index contributed by atoms with van der Waals surface area (Å²) in [6, 6.07) is 11.0. The predicted octanol–water partition coefficient (Wildman–Crippen LogP) is 4.74. The van der Waals surface area contributed by atoms with Gasteiger partial charge in [-0.3, -0.25) is 4.79 Å². The number of rotatable bonds is 5. The molecule has 3 aromatic rings. The van der Waals surface area contributed by atoms with Crippen molar-refractivity contribution in [2.75, 3.05) is 12.4 Å². The molecule has 0 atom stereocenters. The number of hydrogen-bond acceptors (Lipinski definition) is 5. The number of nitrogens with one attached hydrogen (secondary N) is 1. The Labute approximate surface area is 156 Å². The van der Waals surface area contributed by atoms with E-state index in [4.69, 9.17) is 9.15 Å². The molecule has 0 saturated heterocycles. The summed E-state index contributed by atoms with van der Waals surface area (Å²) in [4.78, 5) is 24.5. The second-order valence-corrected chi connectivity index (χ2v) is 6.97. The van der Waals surface area contributed by atoms with Gasteiger partial charge in [-0.05, 0) is 29.8 Å². The Balaban J connectivity index is 1.83. The highest BCUT2D eigenvalue weighted by molar-refractivity contribution is 9.10. The zero-order chi connectivity index (χ0) is 17.8. The van der Waals surface area contributed by atoms with Crippen LogP contribution in [0.25, 0.3) is 11.3 Å². The van der Waals surface area contributed by atoms with Crippen LogP contribution in [0.4, 0.5) is 5.00 Å². The van der Waals surface area contributed by atoms with Gasteiger partial charge < -0.3 is 14.5 Å². The van der Waals surface area contributed by atoms with Crippen LogP contribution in [0.5, 0.6) is 0 Å². The first-order chi connectivity index (χ1) is 12.1. The fourth-order valence-electron chi connectivity index (χ4n) is 2.33. The van der Waals surface area contributed by atoms with Crippen molar-refractivity contribution in [2.24, 2.45) is 0 Å². The number of hydrogen-bond donors (Lipinski definition) is 1. The van der Waals surface area contributed by atoms with Gasteiger partial charge in [0.25, 0.3) is 0 Å². The number of carbonyl (C=O) groups excluding carboxylic acids is 2. The maximum Gasteiger partial charge on any atom is 0.341 e. The molecule has 0 aliphatic heterocycles. The van der Waals surface area contributed by atoms with Crippen molar-refractivity contribution < 1.29 is 18.7 Å². The van der Waals surface area contributed by atoms with Gasteiger partial charge in [-0.25, -0.2) is 4.79 Å². The quantitative estimate of drug-likeness (QED) is 0.606. The summed E-state index contributed by atoms with van der Waals surface area (Å²) in [6.07, 6.45) is 1.74. The van der Waals surface area contributed by atoms with Gasteiger partial charge in [0.2, 0.25) is 5.91 Å². The van der Waals surface area contributed by atoms with Crippen LogP contribution >= 0.6 is 27.3 Å². The van der Waals surface area contributed by atoms with Crippen LogP contribution in [-0.4, -0.2) is 19.0 Å². The molecule has 7 heteroatoms. The predicted molar refractivity (Wildman–Crippen MR) is 99.8 cm³/mol. The van der Waals surface area contributed by atoms with E-state index in [2.05, 4.69) is 21.2 Å². The van der Waals surface area contributed by atoms with Crippen LogP contribution in [0.3, 0.4) is 0 Å². The molecule has 0 fully saturated rings. The molecule has 0 spiro atoms. The van der Waals surface area contributed by atoms with Gasteiger partial charge >= 0.3 is 5.97 Å². The Morgan fingerprint density at radius 1 is 1.24 bits per heavy atom. The van der Waals surface area contributed by atoms with Crippen LogP contribution in [0, 0.1) is 0 Å². The Hall–Kier alpha value is -2.38.